The molecule has 0 saturated carbocycles. The normalized spacial score (nSPS) is 15.9. The number of piperidine rings is 1. The second-order valence-electron chi connectivity index (χ2n) is 6.47. The standard InChI is InChI=1S/C15H22N2O7/c1-15(2,3)23-13(20)16-8-6-10(7-9-16)22-14(21)24-17-11(18)4-5-12(17)19/h4-5,10,18-19H,6-9H2,1-3H3. The highest BCUT2D eigenvalue weighted by Gasteiger charge is 2.29. The van der Waals surface area contributed by atoms with E-state index in [4.69, 9.17) is 14.3 Å². The predicted octanol–water partition coefficient (Wildman–Crippen LogP) is 1.86. The molecule has 0 unspecified atom stereocenters. The molecule has 0 atom stereocenters. The van der Waals surface area contributed by atoms with E-state index in [0.717, 1.165) is 0 Å². The van der Waals surface area contributed by atoms with E-state index >= 15 is 0 Å². The molecule has 1 aliphatic rings. The van der Waals surface area contributed by atoms with Gasteiger partial charge in [-0.05, 0) is 20.8 Å². The third kappa shape index (κ3) is 4.71. The van der Waals surface area contributed by atoms with Crippen LogP contribution in [0.3, 0.4) is 0 Å². The minimum Gasteiger partial charge on any atom is -0.492 e. The molecule has 2 rings (SSSR count). The summed E-state index contributed by atoms with van der Waals surface area (Å²) in [6, 6.07) is 2.34. The molecule has 24 heavy (non-hydrogen) atoms. The number of carbonyl (C=O) groups excluding carboxylic acids is 2. The van der Waals surface area contributed by atoms with Crippen LogP contribution >= 0.6 is 0 Å². The fourth-order valence-corrected chi connectivity index (χ4v) is 2.21. The van der Waals surface area contributed by atoms with Crippen molar-refractivity contribution in [1.82, 2.24) is 9.63 Å². The largest absolute Gasteiger partial charge is 0.534 e. The Morgan fingerprint density at radius 2 is 1.67 bits per heavy atom. The maximum Gasteiger partial charge on any atom is 0.534 e. The maximum atomic E-state index is 11.9. The first kappa shape index (κ1) is 17.8. The molecule has 2 heterocycles. The predicted molar refractivity (Wildman–Crippen MR) is 81.7 cm³/mol. The lowest BCUT2D eigenvalue weighted by atomic mass is 10.1. The first-order valence-corrected chi connectivity index (χ1v) is 7.62. The second-order valence-corrected chi connectivity index (χ2v) is 6.47. The zero-order chi connectivity index (χ0) is 17.9. The minimum atomic E-state index is -1.05. The van der Waals surface area contributed by atoms with Crippen LogP contribution < -0.4 is 4.84 Å². The van der Waals surface area contributed by atoms with Gasteiger partial charge >= 0.3 is 12.2 Å². The van der Waals surface area contributed by atoms with Gasteiger partial charge in [-0.2, -0.15) is 0 Å². The van der Waals surface area contributed by atoms with E-state index in [0.29, 0.717) is 30.7 Å². The second kappa shape index (κ2) is 6.90. The molecule has 0 aliphatic carbocycles. The highest BCUT2D eigenvalue weighted by Crippen LogP contribution is 2.20. The Hall–Kier alpha value is -2.58. The smallest absolute Gasteiger partial charge is 0.492 e. The van der Waals surface area contributed by atoms with E-state index in [1.807, 2.05) is 0 Å². The number of amides is 1. The minimum absolute atomic E-state index is 0.396. The molecule has 1 saturated heterocycles. The summed E-state index contributed by atoms with van der Waals surface area (Å²) in [6.45, 7) is 6.17. The average Bonchev–Trinajstić information content (AvgIpc) is 2.78. The van der Waals surface area contributed by atoms with Crippen molar-refractivity contribution in [2.24, 2.45) is 0 Å². The van der Waals surface area contributed by atoms with Gasteiger partial charge in [0.25, 0.3) is 0 Å². The third-order valence-electron chi connectivity index (χ3n) is 3.32. The molecule has 1 aliphatic heterocycles. The number of hydrogen-bond donors (Lipinski definition) is 2. The van der Waals surface area contributed by atoms with Gasteiger partial charge in [0.1, 0.15) is 11.7 Å². The average molecular weight is 342 g/mol. The SMILES string of the molecule is CC(C)(C)OC(=O)N1CCC(OC(=O)On2c(O)ccc2O)CC1. The number of aromatic nitrogens is 1. The van der Waals surface area contributed by atoms with E-state index in [2.05, 4.69) is 0 Å². The highest BCUT2D eigenvalue weighted by molar-refractivity contribution is 5.68. The molecule has 1 aromatic heterocycles. The molecule has 2 N–H and O–H groups in total. The van der Waals surface area contributed by atoms with Crippen LogP contribution in [0.15, 0.2) is 12.1 Å². The molecule has 0 bridgehead atoms. The third-order valence-corrected chi connectivity index (χ3v) is 3.32. The van der Waals surface area contributed by atoms with Crippen LogP contribution in [0.2, 0.25) is 0 Å². The number of likely N-dealkylation sites (tertiary alicyclic amines) is 1. The summed E-state index contributed by atoms with van der Waals surface area (Å²) < 4.78 is 11.0. The van der Waals surface area contributed by atoms with Gasteiger partial charge < -0.3 is 24.6 Å². The van der Waals surface area contributed by atoms with E-state index in [1.165, 1.54) is 12.1 Å². The van der Waals surface area contributed by atoms with Crippen molar-refractivity contribution in [2.75, 3.05) is 13.1 Å². The van der Waals surface area contributed by atoms with Crippen molar-refractivity contribution in [3.63, 3.8) is 0 Å². The molecule has 1 aromatic rings. The molecule has 9 heteroatoms. The van der Waals surface area contributed by atoms with Gasteiger partial charge in [0.05, 0.1) is 0 Å². The number of rotatable bonds is 2. The fraction of sp³-hybridized carbons (Fsp3) is 0.600. The number of ether oxygens (including phenoxy) is 2. The number of nitrogens with zero attached hydrogens (tertiary/aromatic N) is 2. The first-order chi connectivity index (χ1) is 11.2. The molecule has 1 fully saturated rings. The number of hydrogen-bond acceptors (Lipinski definition) is 7. The lowest BCUT2D eigenvalue weighted by molar-refractivity contribution is -0.0176. The van der Waals surface area contributed by atoms with Crippen LogP contribution in [0.1, 0.15) is 33.6 Å². The summed E-state index contributed by atoms with van der Waals surface area (Å²) in [6.07, 6.45) is -0.982. The molecular formula is C15H22N2O7. The van der Waals surface area contributed by atoms with Crippen LogP contribution in [0, 0.1) is 0 Å². The first-order valence-electron chi connectivity index (χ1n) is 7.62. The Kier molecular flexibility index (Phi) is 5.10. The van der Waals surface area contributed by atoms with E-state index in [9.17, 15) is 19.8 Å². The molecular weight excluding hydrogens is 320 g/mol. The summed E-state index contributed by atoms with van der Waals surface area (Å²) in [5.74, 6) is -0.853. The van der Waals surface area contributed by atoms with Gasteiger partial charge in [0, 0.05) is 38.1 Å². The van der Waals surface area contributed by atoms with Gasteiger partial charge in [0.2, 0.25) is 11.8 Å². The van der Waals surface area contributed by atoms with Crippen LogP contribution in [-0.4, -0.2) is 56.9 Å². The van der Waals surface area contributed by atoms with Crippen molar-refractivity contribution in [1.29, 1.82) is 0 Å². The molecule has 0 aromatic carbocycles. The van der Waals surface area contributed by atoms with Crippen LogP contribution in [-0.2, 0) is 9.47 Å². The summed E-state index contributed by atoms with van der Waals surface area (Å²) in [5, 5.41) is 18.8. The molecule has 1 amide bonds. The lowest BCUT2D eigenvalue weighted by Crippen LogP contribution is -2.44. The molecule has 134 valence electrons. The zero-order valence-corrected chi connectivity index (χ0v) is 13.9. The summed E-state index contributed by atoms with van der Waals surface area (Å²) in [5.41, 5.74) is -0.561. The monoisotopic (exact) mass is 342 g/mol. The topological polar surface area (TPSA) is 110 Å². The van der Waals surface area contributed by atoms with Gasteiger partial charge in [-0.3, -0.25) is 4.84 Å². The van der Waals surface area contributed by atoms with E-state index in [1.54, 1.807) is 25.7 Å². The Morgan fingerprint density at radius 3 is 2.17 bits per heavy atom. The fourth-order valence-electron chi connectivity index (χ4n) is 2.21. The van der Waals surface area contributed by atoms with Crippen molar-refractivity contribution >= 4 is 12.2 Å². The van der Waals surface area contributed by atoms with Crippen LogP contribution in [0.5, 0.6) is 11.8 Å². The van der Waals surface area contributed by atoms with Crippen LogP contribution in [0.25, 0.3) is 0 Å². The maximum absolute atomic E-state index is 11.9. The summed E-state index contributed by atoms with van der Waals surface area (Å²) in [7, 11) is 0. The van der Waals surface area contributed by atoms with Crippen molar-refractivity contribution < 1.29 is 34.1 Å². The van der Waals surface area contributed by atoms with E-state index < -0.39 is 35.7 Å². The Morgan fingerprint density at radius 1 is 1.12 bits per heavy atom. The summed E-state index contributed by atoms with van der Waals surface area (Å²) >= 11 is 0. The summed E-state index contributed by atoms with van der Waals surface area (Å²) in [4.78, 5) is 29.9. The van der Waals surface area contributed by atoms with Gasteiger partial charge in [-0.25, -0.2) is 9.59 Å². The number of carbonyl (C=O) groups is 2. The highest BCUT2D eigenvalue weighted by atomic mass is 16.8. The van der Waals surface area contributed by atoms with Gasteiger partial charge in [-0.1, -0.05) is 0 Å². The van der Waals surface area contributed by atoms with E-state index in [-0.39, 0.29) is 0 Å². The quantitative estimate of drug-likeness (QED) is 0.789. The van der Waals surface area contributed by atoms with Crippen molar-refractivity contribution in [3.8, 4) is 11.8 Å². The molecule has 0 spiro atoms. The molecule has 0 radical (unpaired) electrons. The van der Waals surface area contributed by atoms with Gasteiger partial charge in [-0.15, -0.1) is 4.73 Å². The Labute approximate surface area is 139 Å². The zero-order valence-electron chi connectivity index (χ0n) is 13.9. The Bertz CT molecular complexity index is 578. The van der Waals surface area contributed by atoms with Gasteiger partial charge in [0.15, 0.2) is 0 Å². The van der Waals surface area contributed by atoms with Crippen molar-refractivity contribution in [2.45, 2.75) is 45.3 Å². The Balaban J connectivity index is 1.78. The van der Waals surface area contributed by atoms with Crippen molar-refractivity contribution in [3.05, 3.63) is 12.1 Å². The van der Waals surface area contributed by atoms with Crippen LogP contribution in [0.4, 0.5) is 9.59 Å². The molecule has 9 nitrogen and oxygen atoms in total. The number of aromatic hydroxyl groups is 2. The lowest BCUT2D eigenvalue weighted by Gasteiger charge is -2.32.